The van der Waals surface area contributed by atoms with Crippen molar-refractivity contribution in [1.82, 2.24) is 0 Å². The van der Waals surface area contributed by atoms with Crippen molar-refractivity contribution in [2.45, 2.75) is 6.18 Å². The van der Waals surface area contributed by atoms with Crippen molar-refractivity contribution in [3.63, 3.8) is 0 Å². The number of anilines is 1. The van der Waals surface area contributed by atoms with Gasteiger partial charge in [-0.3, -0.25) is 0 Å². The molecular weight excluding hydrogens is 358 g/mol. The lowest BCUT2D eigenvalue weighted by atomic mass is 10.2. The van der Waals surface area contributed by atoms with Crippen LogP contribution in [0.15, 0.2) is 40.9 Å². The van der Waals surface area contributed by atoms with E-state index in [0.717, 1.165) is 6.07 Å². The number of rotatable bonds is 2. The van der Waals surface area contributed by atoms with Gasteiger partial charge in [0.2, 0.25) is 0 Å². The summed E-state index contributed by atoms with van der Waals surface area (Å²) in [6.07, 6.45) is -4.54. The van der Waals surface area contributed by atoms with Gasteiger partial charge in [0.15, 0.2) is 5.75 Å². The lowest BCUT2D eigenvalue weighted by Crippen LogP contribution is -2.07. The van der Waals surface area contributed by atoms with Crippen molar-refractivity contribution in [2.75, 3.05) is 5.73 Å². The molecule has 0 saturated carbocycles. The summed E-state index contributed by atoms with van der Waals surface area (Å²) in [5, 5.41) is 0.137. The van der Waals surface area contributed by atoms with Crippen molar-refractivity contribution >= 4 is 33.2 Å². The minimum Gasteiger partial charge on any atom is -0.453 e. The molecule has 0 aliphatic heterocycles. The number of alkyl halides is 3. The van der Waals surface area contributed by atoms with Gasteiger partial charge in [-0.15, -0.1) is 0 Å². The van der Waals surface area contributed by atoms with Crippen LogP contribution < -0.4 is 10.5 Å². The SMILES string of the molecule is Nc1cccc(Cl)c1Oc1cc(Br)ccc1C(F)(F)F. The number of hydrogen-bond donors (Lipinski definition) is 1. The normalized spacial score (nSPS) is 11.4. The van der Waals surface area contributed by atoms with Crippen LogP contribution in [0.5, 0.6) is 11.5 Å². The van der Waals surface area contributed by atoms with E-state index in [1.807, 2.05) is 0 Å². The summed E-state index contributed by atoms with van der Waals surface area (Å²) in [6, 6.07) is 7.98. The van der Waals surface area contributed by atoms with Gasteiger partial charge in [0.25, 0.3) is 0 Å². The van der Waals surface area contributed by atoms with Gasteiger partial charge < -0.3 is 10.5 Å². The molecule has 0 heterocycles. The van der Waals surface area contributed by atoms with Crippen molar-refractivity contribution < 1.29 is 17.9 Å². The molecule has 0 fully saturated rings. The Morgan fingerprint density at radius 3 is 2.45 bits per heavy atom. The van der Waals surface area contributed by atoms with Gasteiger partial charge in [0, 0.05) is 4.47 Å². The molecule has 2 rings (SSSR count). The van der Waals surface area contributed by atoms with E-state index in [4.69, 9.17) is 22.1 Å². The first-order valence-corrected chi connectivity index (χ1v) is 6.54. The Morgan fingerprint density at radius 2 is 1.85 bits per heavy atom. The Balaban J connectivity index is 2.51. The third kappa shape index (κ3) is 3.19. The standard InChI is InChI=1S/C13H8BrClF3NO/c14-7-4-5-8(13(16,17)18)11(6-7)20-12-9(15)2-1-3-10(12)19/h1-6H,19H2. The first-order chi connectivity index (χ1) is 9.29. The molecule has 20 heavy (non-hydrogen) atoms. The highest BCUT2D eigenvalue weighted by Gasteiger charge is 2.34. The third-order valence-corrected chi connectivity index (χ3v) is 3.25. The maximum Gasteiger partial charge on any atom is 0.419 e. The number of nitrogen functional groups attached to an aromatic ring is 1. The van der Waals surface area contributed by atoms with Crippen LogP contribution >= 0.6 is 27.5 Å². The molecule has 0 aromatic heterocycles. The minimum atomic E-state index is -4.54. The summed E-state index contributed by atoms with van der Waals surface area (Å²) < 4.78 is 44.5. The fourth-order valence-electron chi connectivity index (χ4n) is 1.56. The van der Waals surface area contributed by atoms with Crippen molar-refractivity contribution in [1.29, 1.82) is 0 Å². The van der Waals surface area contributed by atoms with Gasteiger partial charge in [-0.2, -0.15) is 13.2 Å². The van der Waals surface area contributed by atoms with Gasteiger partial charge in [-0.1, -0.05) is 33.6 Å². The van der Waals surface area contributed by atoms with E-state index in [-0.39, 0.29) is 22.2 Å². The Hall–Kier alpha value is -1.40. The van der Waals surface area contributed by atoms with Crippen LogP contribution in [0, 0.1) is 0 Å². The van der Waals surface area contributed by atoms with E-state index in [0.29, 0.717) is 4.47 Å². The first kappa shape index (κ1) is 15.0. The monoisotopic (exact) mass is 365 g/mol. The quantitative estimate of drug-likeness (QED) is 0.713. The summed E-state index contributed by atoms with van der Waals surface area (Å²) in [4.78, 5) is 0. The molecule has 2 nitrogen and oxygen atoms in total. The van der Waals surface area contributed by atoms with E-state index in [1.54, 1.807) is 6.07 Å². The summed E-state index contributed by atoms with van der Waals surface area (Å²) in [5.74, 6) is -0.371. The molecule has 0 unspecified atom stereocenters. The molecule has 0 amide bonds. The zero-order valence-electron chi connectivity index (χ0n) is 9.84. The zero-order valence-corrected chi connectivity index (χ0v) is 12.2. The predicted octanol–water partition coefficient (Wildman–Crippen LogP) is 5.50. The molecular formula is C13H8BrClF3NO. The van der Waals surface area contributed by atoms with Gasteiger partial charge in [0.05, 0.1) is 16.3 Å². The number of ether oxygens (including phenoxy) is 1. The lowest BCUT2D eigenvalue weighted by Gasteiger charge is -2.15. The van der Waals surface area contributed by atoms with Crippen LogP contribution in [-0.2, 0) is 6.18 Å². The molecule has 0 atom stereocenters. The van der Waals surface area contributed by atoms with E-state index in [2.05, 4.69) is 15.9 Å². The molecule has 0 spiro atoms. The molecule has 2 aromatic carbocycles. The van der Waals surface area contributed by atoms with Gasteiger partial charge in [-0.05, 0) is 30.3 Å². The summed E-state index contributed by atoms with van der Waals surface area (Å²) in [6.45, 7) is 0. The average Bonchev–Trinajstić information content (AvgIpc) is 2.32. The van der Waals surface area contributed by atoms with Gasteiger partial charge >= 0.3 is 6.18 Å². The van der Waals surface area contributed by atoms with Crippen LogP contribution in [0.25, 0.3) is 0 Å². The second-order valence-corrected chi connectivity index (χ2v) is 5.22. The molecule has 7 heteroatoms. The van der Waals surface area contributed by atoms with Crippen molar-refractivity contribution in [3.8, 4) is 11.5 Å². The average molecular weight is 367 g/mol. The molecule has 0 bridgehead atoms. The number of nitrogens with two attached hydrogens (primary N) is 1. The summed E-state index contributed by atoms with van der Waals surface area (Å²) >= 11 is 8.99. The van der Waals surface area contributed by atoms with Gasteiger partial charge in [0.1, 0.15) is 5.75 Å². The Bertz CT molecular complexity index is 626. The number of para-hydroxylation sites is 1. The van der Waals surface area contributed by atoms with Crippen LogP contribution in [0.3, 0.4) is 0 Å². The first-order valence-electron chi connectivity index (χ1n) is 5.37. The van der Waals surface area contributed by atoms with Crippen LogP contribution in [0.2, 0.25) is 5.02 Å². The molecule has 0 saturated heterocycles. The van der Waals surface area contributed by atoms with Gasteiger partial charge in [-0.25, -0.2) is 0 Å². The third-order valence-electron chi connectivity index (χ3n) is 2.46. The molecule has 2 aromatic rings. The van der Waals surface area contributed by atoms with Crippen LogP contribution in [0.4, 0.5) is 18.9 Å². The second-order valence-electron chi connectivity index (χ2n) is 3.90. The fourth-order valence-corrected chi connectivity index (χ4v) is 2.12. The number of benzene rings is 2. The van der Waals surface area contributed by atoms with Crippen LogP contribution in [-0.4, -0.2) is 0 Å². The number of hydrogen-bond acceptors (Lipinski definition) is 2. The fraction of sp³-hybridized carbons (Fsp3) is 0.0769. The highest BCUT2D eigenvalue weighted by Crippen LogP contribution is 2.42. The zero-order chi connectivity index (χ0) is 14.9. The van der Waals surface area contributed by atoms with Crippen molar-refractivity contribution in [2.24, 2.45) is 0 Å². The molecule has 0 aliphatic rings. The smallest absolute Gasteiger partial charge is 0.419 e. The summed E-state index contributed by atoms with van der Waals surface area (Å²) in [7, 11) is 0. The highest BCUT2D eigenvalue weighted by atomic mass is 79.9. The maximum absolute atomic E-state index is 12.9. The largest absolute Gasteiger partial charge is 0.453 e. The molecule has 106 valence electrons. The predicted molar refractivity (Wildman–Crippen MR) is 75.1 cm³/mol. The Morgan fingerprint density at radius 1 is 1.15 bits per heavy atom. The Kier molecular flexibility index (Phi) is 4.15. The van der Waals surface area contributed by atoms with Crippen molar-refractivity contribution in [3.05, 3.63) is 51.5 Å². The second kappa shape index (κ2) is 5.54. The molecule has 2 N–H and O–H groups in total. The summed E-state index contributed by atoms with van der Waals surface area (Å²) in [5.41, 5.74) is 4.92. The van der Waals surface area contributed by atoms with E-state index < -0.39 is 11.7 Å². The maximum atomic E-state index is 12.9. The minimum absolute atomic E-state index is 0.00207. The topological polar surface area (TPSA) is 35.2 Å². The Labute approximate surface area is 126 Å². The highest BCUT2D eigenvalue weighted by molar-refractivity contribution is 9.10. The van der Waals surface area contributed by atoms with E-state index in [9.17, 15) is 13.2 Å². The van der Waals surface area contributed by atoms with Crippen LogP contribution in [0.1, 0.15) is 5.56 Å². The molecule has 0 aliphatic carbocycles. The molecule has 0 radical (unpaired) electrons. The number of halogens is 5. The lowest BCUT2D eigenvalue weighted by molar-refractivity contribution is -0.138. The van der Waals surface area contributed by atoms with E-state index >= 15 is 0 Å². The van der Waals surface area contributed by atoms with E-state index in [1.165, 1.54) is 24.3 Å².